The van der Waals surface area contributed by atoms with Crippen LogP contribution in [0.25, 0.3) is 20.5 Å². The Bertz CT molecular complexity index is 744. The number of methoxy groups -OCH3 is 1. The van der Waals surface area contributed by atoms with Gasteiger partial charge in [-0.3, -0.25) is 0 Å². The fourth-order valence-corrected chi connectivity index (χ4v) is 3.27. The molecule has 1 aromatic heterocycles. The summed E-state index contributed by atoms with van der Waals surface area (Å²) in [5.74, 6) is 0.675. The minimum absolute atomic E-state index is 0.170. The smallest absolute Gasteiger partial charge is 0.161 e. The fraction of sp³-hybridized carbons (Fsp3) is 0.125. The largest absolute Gasteiger partial charge is 0.504 e. The number of aromatic hydroxyl groups is 1. The first kappa shape index (κ1) is 12.1. The van der Waals surface area contributed by atoms with Gasteiger partial charge in [0.1, 0.15) is 0 Å². The van der Waals surface area contributed by atoms with Crippen LogP contribution in [0.2, 0.25) is 0 Å². The Kier molecular flexibility index (Phi) is 2.91. The summed E-state index contributed by atoms with van der Waals surface area (Å²) >= 11 is 1.75. The quantitative estimate of drug-likeness (QED) is 0.738. The molecule has 1 heterocycles. The average Bonchev–Trinajstić information content (AvgIpc) is 2.82. The maximum atomic E-state index is 9.64. The molecule has 2 aromatic carbocycles. The molecule has 0 saturated carbocycles. The van der Waals surface area contributed by atoms with E-state index in [0.29, 0.717) is 5.75 Å². The van der Waals surface area contributed by atoms with Crippen molar-refractivity contribution >= 4 is 21.4 Å². The number of hydrogen-bond donors (Lipinski definition) is 1. The molecule has 96 valence electrons. The first-order valence-corrected chi connectivity index (χ1v) is 6.86. The van der Waals surface area contributed by atoms with Gasteiger partial charge in [0.15, 0.2) is 11.5 Å². The summed E-state index contributed by atoms with van der Waals surface area (Å²) in [4.78, 5) is 1.18. The SMILES string of the molecule is COc1cc(-c2cc3ccc(C)cc3s2)ccc1O. The van der Waals surface area contributed by atoms with Crippen LogP contribution in [0.3, 0.4) is 0 Å². The van der Waals surface area contributed by atoms with Gasteiger partial charge in [-0.1, -0.05) is 12.1 Å². The highest BCUT2D eigenvalue weighted by molar-refractivity contribution is 7.22. The zero-order valence-electron chi connectivity index (χ0n) is 10.8. The van der Waals surface area contributed by atoms with Crippen molar-refractivity contribution in [1.29, 1.82) is 0 Å². The highest BCUT2D eigenvalue weighted by Gasteiger charge is 2.08. The highest BCUT2D eigenvalue weighted by atomic mass is 32.1. The Morgan fingerprint density at radius 2 is 1.89 bits per heavy atom. The van der Waals surface area contributed by atoms with E-state index in [1.54, 1.807) is 24.5 Å². The standard InChI is InChI=1S/C16H14O2S/c1-10-3-4-12-9-16(19-15(12)7-10)11-5-6-13(17)14(8-11)18-2/h3-9,17H,1-2H3. The normalized spacial score (nSPS) is 10.8. The van der Waals surface area contributed by atoms with Crippen molar-refractivity contribution in [3.8, 4) is 21.9 Å². The lowest BCUT2D eigenvalue weighted by molar-refractivity contribution is 0.373. The summed E-state index contributed by atoms with van der Waals surface area (Å²) in [6.07, 6.45) is 0. The van der Waals surface area contributed by atoms with Gasteiger partial charge < -0.3 is 9.84 Å². The van der Waals surface area contributed by atoms with Gasteiger partial charge in [-0.05, 0) is 53.8 Å². The predicted molar refractivity (Wildman–Crippen MR) is 80.2 cm³/mol. The van der Waals surface area contributed by atoms with Crippen LogP contribution in [0.15, 0.2) is 42.5 Å². The molecule has 0 bridgehead atoms. The summed E-state index contributed by atoms with van der Waals surface area (Å²) in [5, 5.41) is 10.9. The molecule has 0 fully saturated rings. The molecular weight excluding hydrogens is 256 g/mol. The molecule has 0 aliphatic rings. The second-order valence-corrected chi connectivity index (χ2v) is 5.62. The van der Waals surface area contributed by atoms with E-state index in [1.807, 2.05) is 12.1 Å². The minimum Gasteiger partial charge on any atom is -0.504 e. The van der Waals surface area contributed by atoms with Crippen LogP contribution in [0.4, 0.5) is 0 Å². The Hall–Kier alpha value is -2.00. The third-order valence-corrected chi connectivity index (χ3v) is 4.29. The van der Waals surface area contributed by atoms with E-state index in [9.17, 15) is 5.11 Å². The van der Waals surface area contributed by atoms with Crippen LogP contribution >= 0.6 is 11.3 Å². The van der Waals surface area contributed by atoms with Gasteiger partial charge in [0.2, 0.25) is 0 Å². The number of fused-ring (bicyclic) bond motifs is 1. The molecule has 0 unspecified atom stereocenters. The number of hydrogen-bond acceptors (Lipinski definition) is 3. The van der Waals surface area contributed by atoms with Gasteiger partial charge in [-0.25, -0.2) is 0 Å². The number of ether oxygens (including phenoxy) is 1. The van der Waals surface area contributed by atoms with Crippen molar-refractivity contribution in [3.05, 3.63) is 48.0 Å². The summed E-state index contributed by atoms with van der Waals surface area (Å²) in [6, 6.07) is 14.1. The predicted octanol–water partition coefficient (Wildman–Crippen LogP) is 4.59. The van der Waals surface area contributed by atoms with Crippen molar-refractivity contribution in [2.24, 2.45) is 0 Å². The monoisotopic (exact) mass is 270 g/mol. The lowest BCUT2D eigenvalue weighted by Gasteiger charge is -2.04. The minimum atomic E-state index is 0.170. The van der Waals surface area contributed by atoms with E-state index in [1.165, 1.54) is 20.5 Å². The summed E-state index contributed by atoms with van der Waals surface area (Å²) < 4.78 is 6.43. The molecule has 0 atom stereocenters. The number of phenols is 1. The third-order valence-electron chi connectivity index (χ3n) is 3.14. The van der Waals surface area contributed by atoms with E-state index in [2.05, 4.69) is 31.2 Å². The zero-order chi connectivity index (χ0) is 13.4. The number of rotatable bonds is 2. The molecule has 3 rings (SSSR count). The Balaban J connectivity index is 2.13. The van der Waals surface area contributed by atoms with Crippen molar-refractivity contribution in [3.63, 3.8) is 0 Å². The molecule has 3 aromatic rings. The maximum absolute atomic E-state index is 9.64. The van der Waals surface area contributed by atoms with E-state index in [4.69, 9.17) is 4.74 Å². The van der Waals surface area contributed by atoms with Crippen molar-refractivity contribution in [2.45, 2.75) is 6.92 Å². The molecule has 0 saturated heterocycles. The molecule has 0 spiro atoms. The highest BCUT2D eigenvalue weighted by Crippen LogP contribution is 2.37. The summed E-state index contributed by atoms with van der Waals surface area (Å²) in [5.41, 5.74) is 2.33. The molecule has 0 amide bonds. The number of benzene rings is 2. The van der Waals surface area contributed by atoms with E-state index in [-0.39, 0.29) is 5.75 Å². The molecule has 0 radical (unpaired) electrons. The Labute approximate surface area is 115 Å². The van der Waals surface area contributed by atoms with Crippen molar-refractivity contribution < 1.29 is 9.84 Å². The zero-order valence-corrected chi connectivity index (χ0v) is 11.6. The molecule has 0 aliphatic carbocycles. The van der Waals surface area contributed by atoms with E-state index < -0.39 is 0 Å². The van der Waals surface area contributed by atoms with Crippen LogP contribution in [-0.2, 0) is 0 Å². The number of thiophene rings is 1. The van der Waals surface area contributed by atoms with Crippen LogP contribution < -0.4 is 4.74 Å². The van der Waals surface area contributed by atoms with Crippen LogP contribution in [0.5, 0.6) is 11.5 Å². The second kappa shape index (κ2) is 4.59. The maximum Gasteiger partial charge on any atom is 0.161 e. The summed E-state index contributed by atoms with van der Waals surface area (Å²) in [7, 11) is 1.56. The fourth-order valence-electron chi connectivity index (χ4n) is 2.11. The van der Waals surface area contributed by atoms with E-state index in [0.717, 1.165) is 5.56 Å². The molecule has 0 aliphatic heterocycles. The molecule has 1 N–H and O–H groups in total. The number of aryl methyl sites for hydroxylation is 1. The van der Waals surface area contributed by atoms with E-state index >= 15 is 0 Å². The van der Waals surface area contributed by atoms with Crippen molar-refractivity contribution in [1.82, 2.24) is 0 Å². The van der Waals surface area contributed by atoms with Gasteiger partial charge in [0.25, 0.3) is 0 Å². The first-order valence-electron chi connectivity index (χ1n) is 6.05. The first-order chi connectivity index (χ1) is 9.17. The second-order valence-electron chi connectivity index (χ2n) is 4.54. The van der Waals surface area contributed by atoms with Gasteiger partial charge in [-0.15, -0.1) is 11.3 Å². The summed E-state index contributed by atoms with van der Waals surface area (Å²) in [6.45, 7) is 2.10. The van der Waals surface area contributed by atoms with Gasteiger partial charge in [0.05, 0.1) is 7.11 Å². The number of phenolic OH excluding ortho intramolecular Hbond substituents is 1. The van der Waals surface area contributed by atoms with Crippen LogP contribution in [-0.4, -0.2) is 12.2 Å². The molecule has 2 nitrogen and oxygen atoms in total. The van der Waals surface area contributed by atoms with Crippen molar-refractivity contribution in [2.75, 3.05) is 7.11 Å². The van der Waals surface area contributed by atoms with Crippen LogP contribution in [0, 0.1) is 6.92 Å². The average molecular weight is 270 g/mol. The molecule has 3 heteroatoms. The third kappa shape index (κ3) is 2.17. The molecular formula is C16H14O2S. The van der Waals surface area contributed by atoms with Gasteiger partial charge >= 0.3 is 0 Å². The lowest BCUT2D eigenvalue weighted by atomic mass is 10.1. The van der Waals surface area contributed by atoms with Gasteiger partial charge in [-0.2, -0.15) is 0 Å². The Morgan fingerprint density at radius 3 is 2.68 bits per heavy atom. The lowest BCUT2D eigenvalue weighted by Crippen LogP contribution is -1.83. The van der Waals surface area contributed by atoms with Crippen LogP contribution in [0.1, 0.15) is 5.56 Å². The Morgan fingerprint density at radius 1 is 1.05 bits per heavy atom. The van der Waals surface area contributed by atoms with Gasteiger partial charge in [0, 0.05) is 9.58 Å². The topological polar surface area (TPSA) is 29.5 Å². The molecule has 19 heavy (non-hydrogen) atoms.